The van der Waals surface area contributed by atoms with Crippen LogP contribution in [-0.4, -0.2) is 30.7 Å². The Hall–Kier alpha value is -2.49. The third-order valence-corrected chi connectivity index (χ3v) is 4.83. The molecule has 0 heterocycles. The summed E-state index contributed by atoms with van der Waals surface area (Å²) in [7, 11) is 0. The minimum absolute atomic E-state index is 0.105. The first-order valence-electron chi connectivity index (χ1n) is 7.97. The topological polar surface area (TPSA) is 82.0 Å². The van der Waals surface area contributed by atoms with Crippen molar-refractivity contribution in [1.82, 2.24) is 10.6 Å². The van der Waals surface area contributed by atoms with E-state index in [0.29, 0.717) is 34.2 Å². The van der Waals surface area contributed by atoms with Crippen LogP contribution < -0.4 is 10.6 Å². The largest absolute Gasteiger partial charge is 0.354 e. The fourth-order valence-electron chi connectivity index (χ4n) is 2.16. The molecule has 7 heteroatoms. The summed E-state index contributed by atoms with van der Waals surface area (Å²) < 4.78 is 0. The van der Waals surface area contributed by atoms with E-state index >= 15 is 0 Å². The molecule has 26 heavy (non-hydrogen) atoms. The molecule has 0 spiro atoms. The molecular weight excluding hydrogens is 370 g/mol. The molecule has 2 N–H and O–H groups in total. The number of amides is 2. The second-order valence-electron chi connectivity index (χ2n) is 5.33. The molecule has 0 unspecified atom stereocenters. The first-order valence-corrected chi connectivity index (χ1v) is 9.50. The number of nitriles is 1. The van der Waals surface area contributed by atoms with Gasteiger partial charge in [-0.05, 0) is 23.8 Å². The Morgan fingerprint density at radius 2 is 1.81 bits per heavy atom. The summed E-state index contributed by atoms with van der Waals surface area (Å²) >= 11 is 7.57. The summed E-state index contributed by atoms with van der Waals surface area (Å²) in [6, 6.07) is 16.3. The van der Waals surface area contributed by atoms with Crippen LogP contribution in [0.25, 0.3) is 0 Å². The van der Waals surface area contributed by atoms with E-state index in [-0.39, 0.29) is 18.4 Å². The monoisotopic (exact) mass is 387 g/mol. The lowest BCUT2D eigenvalue weighted by atomic mass is 10.1. The molecular formula is C19H18ClN3O2S. The fraction of sp³-hybridized carbons (Fsp3) is 0.211. The zero-order chi connectivity index (χ0) is 18.8. The standard InChI is InChI=1S/C19H18ClN3O2S/c20-17-8-4-3-7-16(17)19(25)23-12-18(24)22-9-10-26-13-15-6-2-1-5-14(15)11-21/h1-8H,9-10,12-13H2,(H,22,24)(H,23,25). The summed E-state index contributed by atoms with van der Waals surface area (Å²) in [5.41, 5.74) is 2.00. The molecule has 0 aliphatic carbocycles. The van der Waals surface area contributed by atoms with Crippen molar-refractivity contribution in [2.24, 2.45) is 0 Å². The van der Waals surface area contributed by atoms with Crippen LogP contribution in [0, 0.1) is 11.3 Å². The van der Waals surface area contributed by atoms with Crippen molar-refractivity contribution < 1.29 is 9.59 Å². The number of nitrogens with one attached hydrogen (secondary N) is 2. The van der Waals surface area contributed by atoms with Gasteiger partial charge < -0.3 is 10.6 Å². The van der Waals surface area contributed by atoms with Crippen LogP contribution in [0.1, 0.15) is 21.5 Å². The number of halogens is 1. The van der Waals surface area contributed by atoms with E-state index in [1.54, 1.807) is 42.1 Å². The second-order valence-corrected chi connectivity index (χ2v) is 6.85. The number of benzene rings is 2. The zero-order valence-electron chi connectivity index (χ0n) is 14.0. The Bertz CT molecular complexity index is 820. The highest BCUT2D eigenvalue weighted by atomic mass is 35.5. The van der Waals surface area contributed by atoms with Crippen LogP contribution in [0.2, 0.25) is 5.02 Å². The minimum atomic E-state index is -0.381. The first-order chi connectivity index (χ1) is 12.6. The van der Waals surface area contributed by atoms with Gasteiger partial charge in [-0.25, -0.2) is 0 Å². The molecule has 0 saturated carbocycles. The van der Waals surface area contributed by atoms with Gasteiger partial charge in [0.05, 0.1) is 28.8 Å². The molecule has 5 nitrogen and oxygen atoms in total. The maximum atomic E-state index is 12.0. The van der Waals surface area contributed by atoms with Gasteiger partial charge in [-0.3, -0.25) is 9.59 Å². The summed E-state index contributed by atoms with van der Waals surface area (Å²) in [6.45, 7) is 0.381. The molecule has 0 aliphatic heterocycles. The van der Waals surface area contributed by atoms with Gasteiger partial charge in [-0.1, -0.05) is 41.9 Å². The smallest absolute Gasteiger partial charge is 0.253 e. The van der Waals surface area contributed by atoms with Gasteiger partial charge in [0.2, 0.25) is 5.91 Å². The lowest BCUT2D eigenvalue weighted by molar-refractivity contribution is -0.120. The van der Waals surface area contributed by atoms with E-state index in [9.17, 15) is 9.59 Å². The highest BCUT2D eigenvalue weighted by molar-refractivity contribution is 7.98. The average molecular weight is 388 g/mol. The maximum absolute atomic E-state index is 12.0. The Kier molecular flexibility index (Phi) is 8.00. The van der Waals surface area contributed by atoms with Gasteiger partial charge in [-0.2, -0.15) is 17.0 Å². The average Bonchev–Trinajstić information content (AvgIpc) is 2.66. The first kappa shape index (κ1) is 19.8. The van der Waals surface area contributed by atoms with Crippen LogP contribution in [0.3, 0.4) is 0 Å². The Balaban J connectivity index is 1.64. The lowest BCUT2D eigenvalue weighted by Crippen LogP contribution is -2.37. The summed E-state index contributed by atoms with van der Waals surface area (Å²) in [5, 5.41) is 14.7. The van der Waals surface area contributed by atoms with Gasteiger partial charge in [0.1, 0.15) is 0 Å². The molecule has 2 rings (SSSR count). The summed E-state index contributed by atoms with van der Waals surface area (Å²) in [5.74, 6) is 0.781. The van der Waals surface area contributed by atoms with Crippen molar-refractivity contribution in [3.63, 3.8) is 0 Å². The van der Waals surface area contributed by atoms with Crippen molar-refractivity contribution in [2.75, 3.05) is 18.8 Å². The number of carbonyl (C=O) groups excluding carboxylic acids is 2. The zero-order valence-corrected chi connectivity index (χ0v) is 15.6. The fourth-order valence-corrected chi connectivity index (χ4v) is 3.25. The molecule has 0 atom stereocenters. The third-order valence-electron chi connectivity index (χ3n) is 3.49. The van der Waals surface area contributed by atoms with Crippen LogP contribution in [0.5, 0.6) is 0 Å². The van der Waals surface area contributed by atoms with E-state index in [0.717, 1.165) is 5.56 Å². The van der Waals surface area contributed by atoms with Crippen LogP contribution in [-0.2, 0) is 10.5 Å². The van der Waals surface area contributed by atoms with Crippen molar-refractivity contribution in [2.45, 2.75) is 5.75 Å². The predicted octanol–water partition coefficient (Wildman–Crippen LogP) is 2.99. The molecule has 2 aromatic carbocycles. The Labute approximate surface area is 161 Å². The maximum Gasteiger partial charge on any atom is 0.253 e. The molecule has 0 radical (unpaired) electrons. The third kappa shape index (κ3) is 6.10. The van der Waals surface area contributed by atoms with E-state index in [2.05, 4.69) is 16.7 Å². The van der Waals surface area contributed by atoms with Gasteiger partial charge >= 0.3 is 0 Å². The summed E-state index contributed by atoms with van der Waals surface area (Å²) in [6.07, 6.45) is 0. The van der Waals surface area contributed by atoms with Crippen molar-refractivity contribution in [3.8, 4) is 6.07 Å². The second kappa shape index (κ2) is 10.5. The molecule has 0 aliphatic rings. The van der Waals surface area contributed by atoms with E-state index in [4.69, 9.17) is 16.9 Å². The van der Waals surface area contributed by atoms with Crippen LogP contribution >= 0.6 is 23.4 Å². The van der Waals surface area contributed by atoms with E-state index in [1.165, 1.54) is 0 Å². The number of rotatable bonds is 8. The molecule has 0 fully saturated rings. The molecule has 2 aromatic rings. The Morgan fingerprint density at radius 3 is 2.58 bits per heavy atom. The normalized spacial score (nSPS) is 10.0. The molecule has 0 saturated heterocycles. The van der Waals surface area contributed by atoms with Crippen molar-refractivity contribution >= 4 is 35.2 Å². The van der Waals surface area contributed by atoms with Crippen molar-refractivity contribution in [3.05, 3.63) is 70.2 Å². The van der Waals surface area contributed by atoms with Gasteiger partial charge in [0.25, 0.3) is 5.91 Å². The van der Waals surface area contributed by atoms with E-state index < -0.39 is 0 Å². The molecule has 2 amide bonds. The number of hydrogen-bond donors (Lipinski definition) is 2. The van der Waals surface area contributed by atoms with Crippen LogP contribution in [0.15, 0.2) is 48.5 Å². The number of nitrogens with zero attached hydrogens (tertiary/aromatic N) is 1. The molecule has 0 aromatic heterocycles. The number of hydrogen-bond acceptors (Lipinski definition) is 4. The molecule has 134 valence electrons. The number of carbonyl (C=O) groups is 2. The Morgan fingerprint density at radius 1 is 1.08 bits per heavy atom. The minimum Gasteiger partial charge on any atom is -0.354 e. The number of thioether (sulfide) groups is 1. The lowest BCUT2D eigenvalue weighted by Gasteiger charge is -2.08. The SMILES string of the molecule is N#Cc1ccccc1CSCCNC(=O)CNC(=O)c1ccccc1Cl. The van der Waals surface area contributed by atoms with Gasteiger partial charge in [-0.15, -0.1) is 0 Å². The van der Waals surface area contributed by atoms with Crippen molar-refractivity contribution in [1.29, 1.82) is 5.26 Å². The molecule has 0 bridgehead atoms. The van der Waals surface area contributed by atoms with Gasteiger partial charge in [0.15, 0.2) is 0 Å². The highest BCUT2D eigenvalue weighted by Crippen LogP contribution is 2.15. The quantitative estimate of drug-likeness (QED) is 0.682. The van der Waals surface area contributed by atoms with Gasteiger partial charge in [0, 0.05) is 18.1 Å². The summed E-state index contributed by atoms with van der Waals surface area (Å²) in [4.78, 5) is 23.7. The highest BCUT2D eigenvalue weighted by Gasteiger charge is 2.10. The predicted molar refractivity (Wildman–Crippen MR) is 104 cm³/mol. The van der Waals surface area contributed by atoms with E-state index in [1.807, 2.05) is 18.2 Å². The van der Waals surface area contributed by atoms with Crippen LogP contribution in [0.4, 0.5) is 0 Å².